The SMILES string of the molecule is C=CCn1c(CCCOc2ccc(Cl)cc2C)nnc1SCC(=O)Nc1sc(C)c(C)c1C(=O)OC. The maximum atomic E-state index is 12.7. The van der Waals surface area contributed by atoms with Gasteiger partial charge in [0.2, 0.25) is 5.91 Å². The van der Waals surface area contributed by atoms with Gasteiger partial charge in [0.25, 0.3) is 0 Å². The molecule has 0 unspecified atom stereocenters. The fraction of sp³-hybridized carbons (Fsp3) is 0.360. The van der Waals surface area contributed by atoms with E-state index < -0.39 is 5.97 Å². The minimum Gasteiger partial charge on any atom is -0.493 e. The Morgan fingerprint density at radius 1 is 1.28 bits per heavy atom. The Morgan fingerprint density at radius 3 is 2.75 bits per heavy atom. The molecule has 0 saturated carbocycles. The summed E-state index contributed by atoms with van der Waals surface area (Å²) in [7, 11) is 1.32. The van der Waals surface area contributed by atoms with Crippen molar-refractivity contribution in [3.8, 4) is 5.75 Å². The van der Waals surface area contributed by atoms with Gasteiger partial charge in [-0.2, -0.15) is 0 Å². The smallest absolute Gasteiger partial charge is 0.341 e. The van der Waals surface area contributed by atoms with Gasteiger partial charge >= 0.3 is 5.97 Å². The number of nitrogens with zero attached hydrogens (tertiary/aromatic N) is 3. The monoisotopic (exact) mass is 548 g/mol. The van der Waals surface area contributed by atoms with Crippen molar-refractivity contribution in [1.29, 1.82) is 0 Å². The number of thiophene rings is 1. The van der Waals surface area contributed by atoms with Crippen LogP contribution < -0.4 is 10.1 Å². The summed E-state index contributed by atoms with van der Waals surface area (Å²) in [5, 5.41) is 13.2. The lowest BCUT2D eigenvalue weighted by Gasteiger charge is -2.10. The van der Waals surface area contributed by atoms with Crippen LogP contribution in [0.2, 0.25) is 5.02 Å². The topological polar surface area (TPSA) is 95.3 Å². The van der Waals surface area contributed by atoms with Crippen molar-refractivity contribution in [1.82, 2.24) is 14.8 Å². The number of thioether (sulfide) groups is 1. The van der Waals surface area contributed by atoms with Crippen LogP contribution in [-0.2, 0) is 22.5 Å². The number of amides is 1. The van der Waals surface area contributed by atoms with E-state index in [1.54, 1.807) is 12.1 Å². The zero-order valence-electron chi connectivity index (χ0n) is 20.7. The van der Waals surface area contributed by atoms with Crippen molar-refractivity contribution in [2.75, 3.05) is 24.8 Å². The summed E-state index contributed by atoms with van der Waals surface area (Å²) in [6.45, 7) is 10.6. The highest BCUT2D eigenvalue weighted by Gasteiger charge is 2.22. The number of halogens is 1. The van der Waals surface area contributed by atoms with Gasteiger partial charge in [-0.1, -0.05) is 29.4 Å². The Hall–Kier alpha value is -2.82. The van der Waals surface area contributed by atoms with Crippen molar-refractivity contribution in [2.24, 2.45) is 0 Å². The number of hydrogen-bond acceptors (Lipinski definition) is 8. The lowest BCUT2D eigenvalue weighted by atomic mass is 10.1. The molecule has 0 bridgehead atoms. The minimum atomic E-state index is -0.467. The number of ether oxygens (including phenoxy) is 2. The number of carbonyl (C=O) groups excluding carboxylic acids is 2. The van der Waals surface area contributed by atoms with Crippen LogP contribution in [0.3, 0.4) is 0 Å². The van der Waals surface area contributed by atoms with E-state index in [1.807, 2.05) is 37.5 Å². The van der Waals surface area contributed by atoms with Crippen molar-refractivity contribution in [2.45, 2.75) is 45.3 Å². The second-order valence-electron chi connectivity index (χ2n) is 7.98. The van der Waals surface area contributed by atoms with Crippen molar-refractivity contribution in [3.05, 3.63) is 63.3 Å². The highest BCUT2D eigenvalue weighted by atomic mass is 35.5. The van der Waals surface area contributed by atoms with Crippen LogP contribution in [0, 0.1) is 20.8 Å². The third-order valence-corrected chi connectivity index (χ3v) is 7.73. The highest BCUT2D eigenvalue weighted by Crippen LogP contribution is 2.33. The number of aromatic nitrogens is 3. The first-order chi connectivity index (χ1) is 17.2. The summed E-state index contributed by atoms with van der Waals surface area (Å²) in [6, 6.07) is 5.54. The number of anilines is 1. The number of benzene rings is 1. The van der Waals surface area contributed by atoms with Crippen LogP contribution in [0.5, 0.6) is 5.75 Å². The fourth-order valence-electron chi connectivity index (χ4n) is 3.47. The first-order valence-corrected chi connectivity index (χ1v) is 13.5. The van der Waals surface area contributed by atoms with Gasteiger partial charge in [-0.05, 0) is 56.5 Å². The first-order valence-electron chi connectivity index (χ1n) is 11.3. The summed E-state index contributed by atoms with van der Waals surface area (Å²) in [6.07, 6.45) is 3.18. The Labute approximate surface area is 224 Å². The van der Waals surface area contributed by atoms with Gasteiger partial charge in [0.05, 0.1) is 25.0 Å². The largest absolute Gasteiger partial charge is 0.493 e. The van der Waals surface area contributed by atoms with Gasteiger partial charge < -0.3 is 19.4 Å². The van der Waals surface area contributed by atoms with Crippen molar-refractivity contribution >= 4 is 51.6 Å². The molecule has 36 heavy (non-hydrogen) atoms. The van der Waals surface area contributed by atoms with Gasteiger partial charge in [-0.15, -0.1) is 28.1 Å². The molecule has 11 heteroatoms. The minimum absolute atomic E-state index is 0.116. The molecule has 192 valence electrons. The number of allylic oxidation sites excluding steroid dienone is 1. The maximum Gasteiger partial charge on any atom is 0.341 e. The predicted octanol–water partition coefficient (Wildman–Crippen LogP) is 5.63. The van der Waals surface area contributed by atoms with Gasteiger partial charge in [0, 0.05) is 22.9 Å². The molecule has 0 fully saturated rings. The van der Waals surface area contributed by atoms with Crippen LogP contribution >= 0.6 is 34.7 Å². The molecular weight excluding hydrogens is 520 g/mol. The molecule has 0 spiro atoms. The molecule has 2 heterocycles. The normalized spacial score (nSPS) is 10.8. The third-order valence-electron chi connectivity index (χ3n) is 5.40. The highest BCUT2D eigenvalue weighted by molar-refractivity contribution is 7.99. The Kier molecular flexibility index (Phi) is 9.98. The molecular formula is C25H29ClN4O4S2. The average Bonchev–Trinajstić information content (AvgIpc) is 3.35. The molecule has 3 rings (SSSR count). The van der Waals surface area contributed by atoms with E-state index in [-0.39, 0.29) is 11.7 Å². The van der Waals surface area contributed by atoms with Gasteiger partial charge in [-0.3, -0.25) is 4.79 Å². The zero-order valence-corrected chi connectivity index (χ0v) is 23.1. The van der Waals surface area contributed by atoms with E-state index in [0.717, 1.165) is 34.0 Å². The van der Waals surface area contributed by atoms with Crippen LogP contribution in [0.4, 0.5) is 5.00 Å². The molecule has 2 aromatic heterocycles. The molecule has 0 aliphatic rings. The van der Waals surface area contributed by atoms with Crippen LogP contribution in [-0.4, -0.2) is 46.1 Å². The number of esters is 1. The van der Waals surface area contributed by atoms with Crippen LogP contribution in [0.15, 0.2) is 36.0 Å². The number of rotatable bonds is 12. The molecule has 0 aliphatic heterocycles. The molecule has 1 aromatic carbocycles. The summed E-state index contributed by atoms with van der Waals surface area (Å²) >= 11 is 8.63. The second kappa shape index (κ2) is 12.9. The standard InChI is InChI=1S/C25H29ClN4O4S2/c1-6-11-30-20(8-7-12-34-19-10-9-18(26)13-15(19)2)28-29-25(30)35-14-21(31)27-23-22(24(32)33-5)16(3)17(4)36-23/h6,9-10,13H,1,7-8,11-12,14H2,2-5H3,(H,27,31). The summed E-state index contributed by atoms with van der Waals surface area (Å²) in [5.41, 5.74) is 2.19. The van der Waals surface area contributed by atoms with E-state index in [2.05, 4.69) is 22.1 Å². The fourth-order valence-corrected chi connectivity index (χ4v) is 5.52. The number of aryl methyl sites for hydroxylation is 3. The molecule has 1 N–H and O–H groups in total. The van der Waals surface area contributed by atoms with E-state index in [9.17, 15) is 9.59 Å². The molecule has 1 amide bonds. The predicted molar refractivity (Wildman–Crippen MR) is 145 cm³/mol. The Bertz CT molecular complexity index is 1260. The number of nitrogens with one attached hydrogen (secondary N) is 1. The maximum absolute atomic E-state index is 12.7. The van der Waals surface area contributed by atoms with Crippen LogP contribution in [0.1, 0.15) is 38.6 Å². The van der Waals surface area contributed by atoms with E-state index in [0.29, 0.717) is 40.3 Å². The quantitative estimate of drug-likeness (QED) is 0.135. The molecule has 8 nitrogen and oxygen atoms in total. The van der Waals surface area contributed by atoms with E-state index >= 15 is 0 Å². The lowest BCUT2D eigenvalue weighted by molar-refractivity contribution is -0.113. The molecule has 0 aliphatic carbocycles. The van der Waals surface area contributed by atoms with E-state index in [4.69, 9.17) is 21.1 Å². The first kappa shape index (κ1) is 27.8. The summed E-state index contributed by atoms with van der Waals surface area (Å²) in [4.78, 5) is 25.8. The number of hydrogen-bond donors (Lipinski definition) is 1. The van der Waals surface area contributed by atoms with Crippen molar-refractivity contribution in [3.63, 3.8) is 0 Å². The van der Waals surface area contributed by atoms with Gasteiger partial charge in [0.15, 0.2) is 5.16 Å². The summed E-state index contributed by atoms with van der Waals surface area (Å²) in [5.74, 6) is 1.01. The zero-order chi connectivity index (χ0) is 26.2. The molecule has 0 radical (unpaired) electrons. The average molecular weight is 549 g/mol. The number of carbonyl (C=O) groups is 2. The molecule has 0 atom stereocenters. The van der Waals surface area contributed by atoms with Crippen molar-refractivity contribution < 1.29 is 19.1 Å². The molecule has 0 saturated heterocycles. The summed E-state index contributed by atoms with van der Waals surface area (Å²) < 4.78 is 12.7. The Balaban J connectivity index is 1.58. The van der Waals surface area contributed by atoms with Crippen LogP contribution in [0.25, 0.3) is 0 Å². The second-order valence-corrected chi connectivity index (χ2v) is 10.6. The molecule has 3 aromatic rings. The lowest BCUT2D eigenvalue weighted by Crippen LogP contribution is -2.16. The number of methoxy groups -OCH3 is 1. The van der Waals surface area contributed by atoms with E-state index in [1.165, 1.54) is 30.2 Å². The van der Waals surface area contributed by atoms with Gasteiger partial charge in [-0.25, -0.2) is 4.79 Å². The third kappa shape index (κ3) is 6.89. The Morgan fingerprint density at radius 2 is 2.06 bits per heavy atom. The van der Waals surface area contributed by atoms with Gasteiger partial charge in [0.1, 0.15) is 16.6 Å².